The first-order valence-electron chi connectivity index (χ1n) is 5.88. The van der Waals surface area contributed by atoms with Gasteiger partial charge < -0.3 is 4.74 Å². The molecule has 2 nitrogen and oxygen atoms in total. The van der Waals surface area contributed by atoms with Crippen LogP contribution in [-0.4, -0.2) is 6.29 Å². The van der Waals surface area contributed by atoms with Crippen molar-refractivity contribution >= 4 is 24.0 Å². The van der Waals surface area contributed by atoms with Crippen molar-refractivity contribution in [1.82, 2.24) is 0 Å². The Bertz CT molecular complexity index is 574. The molecule has 0 unspecified atom stereocenters. The average Bonchev–Trinajstić information content (AvgIpc) is 2.45. The molecular formula is C16H13ClO2. The second-order valence-corrected chi connectivity index (χ2v) is 4.38. The van der Waals surface area contributed by atoms with Crippen LogP contribution >= 0.6 is 11.6 Å². The molecule has 0 fully saturated rings. The molecule has 0 aliphatic rings. The topological polar surface area (TPSA) is 26.3 Å². The molecule has 0 radical (unpaired) electrons. The quantitative estimate of drug-likeness (QED) is 0.604. The van der Waals surface area contributed by atoms with Gasteiger partial charge >= 0.3 is 0 Å². The van der Waals surface area contributed by atoms with Gasteiger partial charge in [0.1, 0.15) is 18.6 Å². The summed E-state index contributed by atoms with van der Waals surface area (Å²) < 4.78 is 5.75. The SMILES string of the molecule is O=C/C=C/c1ccccc1OCc1ccc(Cl)cc1. The fraction of sp³-hybridized carbons (Fsp3) is 0.0625. The van der Waals surface area contributed by atoms with E-state index in [2.05, 4.69) is 0 Å². The van der Waals surface area contributed by atoms with Gasteiger partial charge in [0.05, 0.1) is 0 Å². The molecule has 96 valence electrons. The van der Waals surface area contributed by atoms with E-state index in [4.69, 9.17) is 16.3 Å². The lowest BCUT2D eigenvalue weighted by Gasteiger charge is -2.09. The molecule has 2 aromatic carbocycles. The van der Waals surface area contributed by atoms with E-state index in [-0.39, 0.29) is 0 Å². The number of rotatable bonds is 5. The van der Waals surface area contributed by atoms with Crippen LogP contribution in [0.1, 0.15) is 11.1 Å². The Hall–Kier alpha value is -2.06. The molecular weight excluding hydrogens is 260 g/mol. The standard InChI is InChI=1S/C16H13ClO2/c17-15-9-7-13(8-10-15)12-19-16-6-2-1-4-14(16)5-3-11-18/h1-11H,12H2/b5-3+. The third kappa shape index (κ3) is 3.97. The van der Waals surface area contributed by atoms with Gasteiger partial charge in [0.25, 0.3) is 0 Å². The molecule has 3 heteroatoms. The summed E-state index contributed by atoms with van der Waals surface area (Å²) in [5.74, 6) is 0.746. The highest BCUT2D eigenvalue weighted by molar-refractivity contribution is 6.30. The fourth-order valence-electron chi connectivity index (χ4n) is 1.63. The monoisotopic (exact) mass is 272 g/mol. The predicted molar refractivity (Wildman–Crippen MR) is 77.3 cm³/mol. The van der Waals surface area contributed by atoms with Gasteiger partial charge in [0, 0.05) is 10.6 Å². The summed E-state index contributed by atoms with van der Waals surface area (Å²) in [7, 11) is 0. The van der Waals surface area contributed by atoms with Crippen molar-refractivity contribution in [3.05, 3.63) is 70.8 Å². The summed E-state index contributed by atoms with van der Waals surface area (Å²) in [6.07, 6.45) is 3.92. The summed E-state index contributed by atoms with van der Waals surface area (Å²) in [4.78, 5) is 10.4. The van der Waals surface area contributed by atoms with Crippen LogP contribution in [0.25, 0.3) is 6.08 Å². The Morgan fingerprint density at radius 3 is 2.53 bits per heavy atom. The second kappa shape index (κ2) is 6.76. The van der Waals surface area contributed by atoms with E-state index in [9.17, 15) is 4.79 Å². The van der Waals surface area contributed by atoms with Crippen molar-refractivity contribution in [1.29, 1.82) is 0 Å². The molecule has 2 rings (SSSR count). The van der Waals surface area contributed by atoms with E-state index in [0.29, 0.717) is 11.6 Å². The molecule has 0 saturated heterocycles. The maximum Gasteiger partial charge on any atom is 0.142 e. The minimum absolute atomic E-state index is 0.461. The number of aldehydes is 1. The van der Waals surface area contributed by atoms with Crippen LogP contribution in [-0.2, 0) is 11.4 Å². The van der Waals surface area contributed by atoms with Crippen molar-refractivity contribution in [3.63, 3.8) is 0 Å². The maximum absolute atomic E-state index is 10.4. The zero-order valence-corrected chi connectivity index (χ0v) is 11.0. The molecule has 0 heterocycles. The number of para-hydroxylation sites is 1. The summed E-state index contributed by atoms with van der Waals surface area (Å²) in [6.45, 7) is 0.461. The smallest absolute Gasteiger partial charge is 0.142 e. The van der Waals surface area contributed by atoms with Crippen LogP contribution in [0, 0.1) is 0 Å². The zero-order valence-electron chi connectivity index (χ0n) is 10.3. The van der Waals surface area contributed by atoms with Gasteiger partial charge in [0.15, 0.2) is 0 Å². The van der Waals surface area contributed by atoms with Gasteiger partial charge in [0.2, 0.25) is 0 Å². The van der Waals surface area contributed by atoms with Crippen LogP contribution in [0.5, 0.6) is 5.75 Å². The Kier molecular flexibility index (Phi) is 4.76. The van der Waals surface area contributed by atoms with Crippen LogP contribution in [0.2, 0.25) is 5.02 Å². The van der Waals surface area contributed by atoms with E-state index in [1.165, 1.54) is 6.08 Å². The third-order valence-corrected chi connectivity index (χ3v) is 2.83. The molecule has 0 aliphatic carbocycles. The van der Waals surface area contributed by atoms with E-state index >= 15 is 0 Å². The molecule has 0 bridgehead atoms. The number of hydrogen-bond donors (Lipinski definition) is 0. The molecule has 0 saturated carbocycles. The molecule has 0 spiro atoms. The fourth-order valence-corrected chi connectivity index (χ4v) is 1.76. The molecule has 2 aromatic rings. The molecule has 0 aliphatic heterocycles. The van der Waals surface area contributed by atoms with E-state index in [1.807, 2.05) is 48.5 Å². The number of benzene rings is 2. The summed E-state index contributed by atoms with van der Waals surface area (Å²) >= 11 is 5.83. The van der Waals surface area contributed by atoms with Crippen LogP contribution in [0.4, 0.5) is 0 Å². The van der Waals surface area contributed by atoms with Gasteiger partial charge in [-0.3, -0.25) is 4.79 Å². The first-order chi connectivity index (χ1) is 9.29. The normalized spacial score (nSPS) is 10.6. The summed E-state index contributed by atoms with van der Waals surface area (Å²) in [5, 5.41) is 0.707. The van der Waals surface area contributed by atoms with E-state index < -0.39 is 0 Å². The Morgan fingerprint density at radius 2 is 1.79 bits per heavy atom. The number of halogens is 1. The number of carbonyl (C=O) groups is 1. The summed E-state index contributed by atoms with van der Waals surface area (Å²) in [5.41, 5.74) is 1.92. The van der Waals surface area contributed by atoms with Gasteiger partial charge in [-0.15, -0.1) is 0 Å². The molecule has 19 heavy (non-hydrogen) atoms. The van der Waals surface area contributed by atoms with Gasteiger partial charge in [-0.2, -0.15) is 0 Å². The van der Waals surface area contributed by atoms with E-state index in [0.717, 1.165) is 23.2 Å². The number of ether oxygens (including phenoxy) is 1. The maximum atomic E-state index is 10.4. The number of carbonyl (C=O) groups excluding carboxylic acids is 1. The second-order valence-electron chi connectivity index (χ2n) is 3.95. The van der Waals surface area contributed by atoms with E-state index in [1.54, 1.807) is 6.08 Å². The van der Waals surface area contributed by atoms with Crippen LogP contribution < -0.4 is 4.74 Å². The lowest BCUT2D eigenvalue weighted by Crippen LogP contribution is -1.96. The summed E-state index contributed by atoms with van der Waals surface area (Å²) in [6, 6.07) is 15.1. The Balaban J connectivity index is 2.08. The average molecular weight is 273 g/mol. The minimum atomic E-state index is 0.461. The van der Waals surface area contributed by atoms with Crippen LogP contribution in [0.3, 0.4) is 0 Å². The Labute approximate surface area is 117 Å². The largest absolute Gasteiger partial charge is 0.488 e. The first-order valence-corrected chi connectivity index (χ1v) is 6.25. The molecule has 0 atom stereocenters. The highest BCUT2D eigenvalue weighted by Crippen LogP contribution is 2.21. The zero-order chi connectivity index (χ0) is 13.5. The predicted octanol–water partition coefficient (Wildman–Crippen LogP) is 4.13. The van der Waals surface area contributed by atoms with Gasteiger partial charge in [-0.05, 0) is 35.9 Å². The van der Waals surface area contributed by atoms with Crippen molar-refractivity contribution in [2.24, 2.45) is 0 Å². The molecule has 0 N–H and O–H groups in total. The van der Waals surface area contributed by atoms with Crippen molar-refractivity contribution in [2.75, 3.05) is 0 Å². The highest BCUT2D eigenvalue weighted by Gasteiger charge is 2.00. The lowest BCUT2D eigenvalue weighted by molar-refractivity contribution is -0.104. The van der Waals surface area contributed by atoms with Gasteiger partial charge in [-0.25, -0.2) is 0 Å². The number of hydrogen-bond acceptors (Lipinski definition) is 2. The van der Waals surface area contributed by atoms with Crippen LogP contribution in [0.15, 0.2) is 54.6 Å². The van der Waals surface area contributed by atoms with Gasteiger partial charge in [-0.1, -0.05) is 41.9 Å². The lowest BCUT2D eigenvalue weighted by atomic mass is 10.2. The molecule has 0 aromatic heterocycles. The Morgan fingerprint density at radius 1 is 1.05 bits per heavy atom. The van der Waals surface area contributed by atoms with Crippen molar-refractivity contribution < 1.29 is 9.53 Å². The highest BCUT2D eigenvalue weighted by atomic mass is 35.5. The first kappa shape index (κ1) is 13.4. The number of allylic oxidation sites excluding steroid dienone is 1. The minimum Gasteiger partial charge on any atom is -0.488 e. The third-order valence-electron chi connectivity index (χ3n) is 2.58. The van der Waals surface area contributed by atoms with Crippen molar-refractivity contribution in [3.8, 4) is 5.75 Å². The molecule has 0 amide bonds. The van der Waals surface area contributed by atoms with Crippen molar-refractivity contribution in [2.45, 2.75) is 6.61 Å².